The number of hydrogen-bond acceptors (Lipinski definition) is 5. The lowest BCUT2D eigenvalue weighted by Crippen LogP contribution is -2.33. The molecule has 0 bridgehead atoms. The lowest BCUT2D eigenvalue weighted by molar-refractivity contribution is 0.410. The van der Waals surface area contributed by atoms with Gasteiger partial charge < -0.3 is 4.74 Å². The monoisotopic (exact) mass is 398 g/mol. The summed E-state index contributed by atoms with van der Waals surface area (Å²) in [6.07, 6.45) is 0. The molecule has 0 amide bonds. The van der Waals surface area contributed by atoms with Gasteiger partial charge in [0.25, 0.3) is 10.0 Å². The summed E-state index contributed by atoms with van der Waals surface area (Å²) in [5.74, 6) is 0.549. The van der Waals surface area contributed by atoms with Crippen molar-refractivity contribution in [2.75, 3.05) is 18.9 Å². The zero-order valence-corrected chi connectivity index (χ0v) is 16.6. The topological polar surface area (TPSA) is 92.8 Å². The van der Waals surface area contributed by atoms with Gasteiger partial charge in [0.15, 0.2) is 0 Å². The molecule has 2 aromatic carbocycles. The molecule has 0 radical (unpaired) electrons. The maximum absolute atomic E-state index is 12.4. The summed E-state index contributed by atoms with van der Waals surface area (Å²) in [4.78, 5) is 0.177. The normalized spacial score (nSPS) is 12.4. The van der Waals surface area contributed by atoms with Crippen molar-refractivity contribution in [2.45, 2.75) is 29.7 Å². The molecule has 0 unspecified atom stereocenters. The minimum Gasteiger partial charge on any atom is -0.497 e. The fraction of sp³-hybridized carbons (Fsp3) is 0.294. The fourth-order valence-electron chi connectivity index (χ4n) is 2.11. The highest BCUT2D eigenvalue weighted by molar-refractivity contribution is 7.92. The van der Waals surface area contributed by atoms with Crippen molar-refractivity contribution in [1.29, 1.82) is 0 Å². The van der Waals surface area contributed by atoms with E-state index in [2.05, 4.69) is 4.72 Å². The molecule has 0 fully saturated rings. The first-order valence-electron chi connectivity index (χ1n) is 7.83. The van der Waals surface area contributed by atoms with E-state index in [-0.39, 0.29) is 21.5 Å². The molecular formula is C17H22N2O5S2. The van der Waals surface area contributed by atoms with Crippen LogP contribution in [0.2, 0.25) is 0 Å². The summed E-state index contributed by atoms with van der Waals surface area (Å²) in [5.41, 5.74) is 0.270. The summed E-state index contributed by atoms with van der Waals surface area (Å²) in [5, 5.41) is 0. The summed E-state index contributed by atoms with van der Waals surface area (Å²) in [7, 11) is -4.40. The van der Waals surface area contributed by atoms with Crippen molar-refractivity contribution in [3.8, 4) is 5.75 Å². The number of rotatable bonds is 7. The second kappa shape index (κ2) is 7.65. The van der Waals surface area contributed by atoms with Crippen LogP contribution in [-0.4, -0.2) is 41.3 Å². The van der Waals surface area contributed by atoms with E-state index in [9.17, 15) is 16.8 Å². The lowest BCUT2D eigenvalue weighted by Gasteiger charge is -2.21. The van der Waals surface area contributed by atoms with Crippen molar-refractivity contribution in [3.05, 3.63) is 48.5 Å². The molecule has 2 rings (SSSR count). The molecule has 0 saturated carbocycles. The Balaban J connectivity index is 2.23. The smallest absolute Gasteiger partial charge is 0.261 e. The van der Waals surface area contributed by atoms with Crippen molar-refractivity contribution in [3.63, 3.8) is 0 Å². The van der Waals surface area contributed by atoms with Gasteiger partial charge in [-0.2, -0.15) is 4.31 Å². The summed E-state index contributed by atoms with van der Waals surface area (Å²) in [6, 6.07) is 11.4. The molecule has 0 atom stereocenters. The van der Waals surface area contributed by atoms with Crippen LogP contribution in [0.1, 0.15) is 13.8 Å². The van der Waals surface area contributed by atoms with Crippen LogP contribution in [0.15, 0.2) is 58.3 Å². The van der Waals surface area contributed by atoms with E-state index in [4.69, 9.17) is 4.74 Å². The van der Waals surface area contributed by atoms with Gasteiger partial charge in [0.2, 0.25) is 10.0 Å². The van der Waals surface area contributed by atoms with Gasteiger partial charge in [-0.05, 0) is 62.4 Å². The van der Waals surface area contributed by atoms with E-state index in [0.717, 1.165) is 0 Å². The predicted molar refractivity (Wildman–Crippen MR) is 100 cm³/mol. The van der Waals surface area contributed by atoms with Crippen LogP contribution in [0.3, 0.4) is 0 Å². The second-order valence-corrected chi connectivity index (χ2v) is 9.60. The number of sulfonamides is 2. The Bertz CT molecular complexity index is 951. The molecule has 26 heavy (non-hydrogen) atoms. The van der Waals surface area contributed by atoms with Crippen LogP contribution >= 0.6 is 0 Å². The van der Waals surface area contributed by atoms with Crippen LogP contribution in [0.4, 0.5) is 5.69 Å². The lowest BCUT2D eigenvalue weighted by atomic mass is 10.3. The van der Waals surface area contributed by atoms with E-state index >= 15 is 0 Å². The minimum absolute atomic E-state index is 0.0783. The van der Waals surface area contributed by atoms with Gasteiger partial charge in [0, 0.05) is 18.8 Å². The van der Waals surface area contributed by atoms with E-state index in [1.807, 2.05) is 0 Å². The zero-order valence-electron chi connectivity index (χ0n) is 15.0. The summed E-state index contributed by atoms with van der Waals surface area (Å²) in [6.45, 7) is 3.55. The Morgan fingerprint density at radius 3 is 1.85 bits per heavy atom. The molecule has 0 aliphatic carbocycles. The van der Waals surface area contributed by atoms with Crippen LogP contribution in [0, 0.1) is 0 Å². The largest absolute Gasteiger partial charge is 0.497 e. The maximum Gasteiger partial charge on any atom is 0.261 e. The number of ether oxygens (including phenoxy) is 1. The molecular weight excluding hydrogens is 376 g/mol. The quantitative estimate of drug-likeness (QED) is 0.774. The summed E-state index contributed by atoms with van der Waals surface area (Å²) >= 11 is 0. The SMILES string of the molecule is COc1ccc(S(=O)(=O)Nc2ccc(S(=O)(=O)N(C)C(C)C)cc2)cc1. The van der Waals surface area contributed by atoms with E-state index in [1.54, 1.807) is 26.0 Å². The molecule has 7 nitrogen and oxygen atoms in total. The van der Waals surface area contributed by atoms with Crippen molar-refractivity contribution in [2.24, 2.45) is 0 Å². The fourth-order valence-corrected chi connectivity index (χ4v) is 4.53. The van der Waals surface area contributed by atoms with Crippen molar-refractivity contribution >= 4 is 25.7 Å². The molecule has 142 valence electrons. The number of anilines is 1. The third-order valence-corrected chi connectivity index (χ3v) is 7.33. The number of nitrogens with one attached hydrogen (secondary N) is 1. The van der Waals surface area contributed by atoms with Crippen LogP contribution in [-0.2, 0) is 20.0 Å². The maximum atomic E-state index is 12.4. The third-order valence-electron chi connectivity index (χ3n) is 3.88. The molecule has 0 aromatic heterocycles. The van der Waals surface area contributed by atoms with E-state index in [1.165, 1.54) is 54.9 Å². The Hall–Kier alpha value is -2.10. The van der Waals surface area contributed by atoms with Crippen LogP contribution in [0.5, 0.6) is 5.75 Å². The molecule has 0 aliphatic rings. The van der Waals surface area contributed by atoms with Gasteiger partial charge in [0.1, 0.15) is 5.75 Å². The number of benzene rings is 2. The highest BCUT2D eigenvalue weighted by Gasteiger charge is 2.23. The van der Waals surface area contributed by atoms with Gasteiger partial charge in [-0.25, -0.2) is 16.8 Å². The third kappa shape index (κ3) is 4.35. The van der Waals surface area contributed by atoms with Gasteiger partial charge >= 0.3 is 0 Å². The van der Waals surface area contributed by atoms with E-state index in [0.29, 0.717) is 5.75 Å². The molecule has 0 spiro atoms. The highest BCUT2D eigenvalue weighted by Crippen LogP contribution is 2.22. The van der Waals surface area contributed by atoms with Gasteiger partial charge in [-0.1, -0.05) is 0 Å². The Morgan fingerprint density at radius 1 is 0.885 bits per heavy atom. The standard InChI is InChI=1S/C17H22N2O5S2/c1-13(2)19(3)26(22,23)17-9-5-14(6-10-17)18-25(20,21)16-11-7-15(24-4)8-12-16/h5-13,18H,1-4H3. The molecule has 2 aromatic rings. The van der Waals surface area contributed by atoms with Crippen molar-refractivity contribution in [1.82, 2.24) is 4.31 Å². The minimum atomic E-state index is -3.78. The summed E-state index contributed by atoms with van der Waals surface area (Å²) < 4.78 is 58.3. The predicted octanol–water partition coefficient (Wildman–Crippen LogP) is 2.52. The van der Waals surface area contributed by atoms with Crippen LogP contribution in [0.25, 0.3) is 0 Å². The molecule has 0 heterocycles. The van der Waals surface area contributed by atoms with Gasteiger partial charge in [-0.3, -0.25) is 4.72 Å². The molecule has 1 N–H and O–H groups in total. The first-order chi connectivity index (χ1) is 12.1. The van der Waals surface area contributed by atoms with Crippen LogP contribution < -0.4 is 9.46 Å². The Morgan fingerprint density at radius 2 is 1.38 bits per heavy atom. The number of nitrogens with zero attached hydrogens (tertiary/aromatic N) is 1. The number of hydrogen-bond donors (Lipinski definition) is 1. The first kappa shape index (κ1) is 20.2. The van der Waals surface area contributed by atoms with Gasteiger partial charge in [0.05, 0.1) is 16.9 Å². The average molecular weight is 399 g/mol. The first-order valence-corrected chi connectivity index (χ1v) is 10.8. The molecule has 0 saturated heterocycles. The second-order valence-electron chi connectivity index (χ2n) is 5.92. The van der Waals surface area contributed by atoms with Gasteiger partial charge in [-0.15, -0.1) is 0 Å². The number of methoxy groups -OCH3 is 1. The highest BCUT2D eigenvalue weighted by atomic mass is 32.2. The average Bonchev–Trinajstić information content (AvgIpc) is 2.61. The zero-order chi connectivity index (χ0) is 19.5. The molecule has 9 heteroatoms. The Labute approximate surface area is 154 Å². The van der Waals surface area contributed by atoms with Crippen molar-refractivity contribution < 1.29 is 21.6 Å². The van der Waals surface area contributed by atoms with E-state index < -0.39 is 20.0 Å². The molecule has 0 aliphatic heterocycles. The Kier molecular flexibility index (Phi) is 5.94.